The first-order valence-corrected chi connectivity index (χ1v) is 6.53. The van der Waals surface area contributed by atoms with Crippen molar-refractivity contribution < 1.29 is 0 Å². The predicted molar refractivity (Wildman–Crippen MR) is 76.2 cm³/mol. The monoisotopic (exact) mass is 270 g/mol. The van der Waals surface area contributed by atoms with Crippen LogP contribution in [0.4, 0.5) is 5.82 Å². The molecule has 0 aliphatic rings. The molecule has 104 valence electrons. The Labute approximate surface area is 118 Å². The Balaban J connectivity index is 2.37. The van der Waals surface area contributed by atoms with Gasteiger partial charge in [0.15, 0.2) is 5.82 Å². The molecule has 2 heterocycles. The highest BCUT2D eigenvalue weighted by molar-refractivity contribution is 5.57. The first-order chi connectivity index (χ1) is 9.56. The molecule has 0 radical (unpaired) electrons. The van der Waals surface area contributed by atoms with Gasteiger partial charge in [-0.25, -0.2) is 0 Å². The molecular weight excluding hydrogens is 252 g/mol. The van der Waals surface area contributed by atoms with E-state index in [0.29, 0.717) is 17.9 Å². The number of hydrogen-bond donors (Lipinski definition) is 0. The minimum Gasteiger partial charge on any atom is -0.350 e. The van der Waals surface area contributed by atoms with Crippen LogP contribution in [0.2, 0.25) is 0 Å². The molecule has 0 unspecified atom stereocenters. The molecule has 2 aromatic rings. The van der Waals surface area contributed by atoms with E-state index >= 15 is 0 Å². The molecule has 0 aromatic carbocycles. The van der Waals surface area contributed by atoms with E-state index in [0.717, 1.165) is 23.4 Å². The molecule has 6 heteroatoms. The summed E-state index contributed by atoms with van der Waals surface area (Å²) >= 11 is 0. The summed E-state index contributed by atoms with van der Waals surface area (Å²) in [7, 11) is 1.89. The van der Waals surface area contributed by atoms with Crippen LogP contribution in [0.25, 0.3) is 0 Å². The maximum Gasteiger partial charge on any atom is 0.169 e. The van der Waals surface area contributed by atoms with Gasteiger partial charge in [-0.1, -0.05) is 0 Å². The molecule has 2 rings (SSSR count). The Kier molecular flexibility index (Phi) is 3.99. The molecule has 0 aliphatic carbocycles. The highest BCUT2D eigenvalue weighted by Crippen LogP contribution is 2.22. The summed E-state index contributed by atoms with van der Waals surface area (Å²) in [6.07, 6.45) is 3.78. The summed E-state index contributed by atoms with van der Waals surface area (Å²) in [4.78, 5) is 2.04. The molecule has 0 saturated heterocycles. The molecule has 0 bridgehead atoms. The van der Waals surface area contributed by atoms with Crippen LogP contribution in [0.5, 0.6) is 0 Å². The van der Waals surface area contributed by atoms with Crippen LogP contribution in [0.15, 0.2) is 12.4 Å². The van der Waals surface area contributed by atoms with Gasteiger partial charge < -0.3 is 4.90 Å². The summed E-state index contributed by atoms with van der Waals surface area (Å²) in [5, 5.41) is 21.9. The second-order valence-corrected chi connectivity index (χ2v) is 4.76. The first-order valence-electron chi connectivity index (χ1n) is 6.53. The lowest BCUT2D eigenvalue weighted by molar-refractivity contribution is 0.762. The summed E-state index contributed by atoms with van der Waals surface area (Å²) in [6, 6.07) is 2.25. The third kappa shape index (κ3) is 2.62. The van der Waals surface area contributed by atoms with Gasteiger partial charge in [0.05, 0.1) is 11.9 Å². The van der Waals surface area contributed by atoms with Gasteiger partial charge in [-0.05, 0) is 26.3 Å². The summed E-state index contributed by atoms with van der Waals surface area (Å²) in [5.41, 5.74) is 3.37. The first kappa shape index (κ1) is 14.0. The number of aromatic nitrogens is 4. The molecule has 0 aliphatic heterocycles. The van der Waals surface area contributed by atoms with Crippen molar-refractivity contribution in [3.05, 3.63) is 34.8 Å². The Morgan fingerprint density at radius 3 is 2.65 bits per heavy atom. The van der Waals surface area contributed by atoms with Crippen molar-refractivity contribution in [2.45, 2.75) is 27.3 Å². The number of hydrogen-bond acceptors (Lipinski definition) is 5. The van der Waals surface area contributed by atoms with Crippen molar-refractivity contribution in [2.75, 3.05) is 11.4 Å². The number of rotatable bonds is 4. The number of nitriles is 1. The van der Waals surface area contributed by atoms with E-state index in [1.165, 1.54) is 0 Å². The van der Waals surface area contributed by atoms with E-state index in [4.69, 9.17) is 0 Å². The molecule has 0 saturated carbocycles. The van der Waals surface area contributed by atoms with Gasteiger partial charge in [0, 0.05) is 31.9 Å². The maximum absolute atomic E-state index is 9.38. The van der Waals surface area contributed by atoms with Crippen LogP contribution < -0.4 is 4.90 Å². The molecule has 0 amide bonds. The van der Waals surface area contributed by atoms with Gasteiger partial charge in [0.1, 0.15) is 11.6 Å². The van der Waals surface area contributed by atoms with E-state index < -0.39 is 0 Å². The van der Waals surface area contributed by atoms with Gasteiger partial charge in [0.25, 0.3) is 0 Å². The molecule has 20 heavy (non-hydrogen) atoms. The molecule has 6 nitrogen and oxygen atoms in total. The minimum atomic E-state index is 0.600. The molecule has 2 aromatic heterocycles. The number of aryl methyl sites for hydroxylation is 2. The van der Waals surface area contributed by atoms with Crippen molar-refractivity contribution in [2.24, 2.45) is 7.05 Å². The maximum atomic E-state index is 9.38. The number of nitrogens with zero attached hydrogens (tertiary/aromatic N) is 6. The van der Waals surface area contributed by atoms with Crippen molar-refractivity contribution in [3.8, 4) is 6.07 Å². The lowest BCUT2D eigenvalue weighted by Crippen LogP contribution is -2.25. The Morgan fingerprint density at radius 2 is 2.10 bits per heavy atom. The molecule has 0 spiro atoms. The van der Waals surface area contributed by atoms with Crippen LogP contribution in [-0.4, -0.2) is 26.5 Å². The van der Waals surface area contributed by atoms with Gasteiger partial charge in [-0.15, -0.1) is 5.10 Å². The molecular formula is C14H18N6. The highest BCUT2D eigenvalue weighted by Gasteiger charge is 2.17. The summed E-state index contributed by atoms with van der Waals surface area (Å²) in [5.74, 6) is 0.641. The van der Waals surface area contributed by atoms with E-state index in [1.54, 1.807) is 4.68 Å². The number of anilines is 1. The largest absolute Gasteiger partial charge is 0.350 e. The average molecular weight is 270 g/mol. The Hall–Kier alpha value is -2.42. The standard InChI is InChI=1S/C14H18N6/c1-5-20(9-12-7-16-19(4)8-12)14-13(6-15)10(2)11(3)17-18-14/h7-8H,5,9H2,1-4H3. The summed E-state index contributed by atoms with van der Waals surface area (Å²) in [6.45, 7) is 7.22. The lowest BCUT2D eigenvalue weighted by Gasteiger charge is -2.22. The molecule has 0 atom stereocenters. The third-order valence-electron chi connectivity index (χ3n) is 3.36. The topological polar surface area (TPSA) is 70.6 Å². The van der Waals surface area contributed by atoms with Gasteiger partial charge in [-0.2, -0.15) is 15.5 Å². The zero-order valence-corrected chi connectivity index (χ0v) is 12.3. The quantitative estimate of drug-likeness (QED) is 0.846. The Morgan fingerprint density at radius 1 is 1.35 bits per heavy atom. The third-order valence-corrected chi connectivity index (χ3v) is 3.36. The fraction of sp³-hybridized carbons (Fsp3) is 0.429. The highest BCUT2D eigenvalue weighted by atomic mass is 15.3. The Bertz CT molecular complexity index is 652. The van der Waals surface area contributed by atoms with Crippen molar-refractivity contribution in [1.29, 1.82) is 5.26 Å². The fourth-order valence-electron chi connectivity index (χ4n) is 2.06. The van der Waals surface area contributed by atoms with E-state index in [-0.39, 0.29) is 0 Å². The van der Waals surface area contributed by atoms with Gasteiger partial charge in [-0.3, -0.25) is 4.68 Å². The van der Waals surface area contributed by atoms with E-state index in [1.807, 2.05) is 45.1 Å². The van der Waals surface area contributed by atoms with Gasteiger partial charge >= 0.3 is 0 Å². The van der Waals surface area contributed by atoms with Crippen LogP contribution in [-0.2, 0) is 13.6 Å². The molecule has 0 N–H and O–H groups in total. The van der Waals surface area contributed by atoms with E-state index in [9.17, 15) is 5.26 Å². The van der Waals surface area contributed by atoms with Crippen LogP contribution in [0.3, 0.4) is 0 Å². The van der Waals surface area contributed by atoms with Crippen molar-refractivity contribution in [1.82, 2.24) is 20.0 Å². The fourth-order valence-corrected chi connectivity index (χ4v) is 2.06. The average Bonchev–Trinajstić information content (AvgIpc) is 2.84. The SMILES string of the molecule is CCN(Cc1cnn(C)c1)c1nnc(C)c(C)c1C#N. The van der Waals surface area contributed by atoms with Crippen molar-refractivity contribution >= 4 is 5.82 Å². The molecule has 0 fully saturated rings. The smallest absolute Gasteiger partial charge is 0.169 e. The lowest BCUT2D eigenvalue weighted by atomic mass is 10.1. The van der Waals surface area contributed by atoms with Crippen LogP contribution in [0, 0.1) is 25.2 Å². The normalized spacial score (nSPS) is 10.3. The van der Waals surface area contributed by atoms with Crippen LogP contribution in [0.1, 0.15) is 29.3 Å². The second-order valence-electron chi connectivity index (χ2n) is 4.76. The zero-order chi connectivity index (χ0) is 14.7. The van der Waals surface area contributed by atoms with E-state index in [2.05, 4.69) is 21.4 Å². The van der Waals surface area contributed by atoms with Crippen LogP contribution >= 0.6 is 0 Å². The summed E-state index contributed by atoms with van der Waals surface area (Å²) < 4.78 is 1.76. The minimum absolute atomic E-state index is 0.600. The zero-order valence-electron chi connectivity index (χ0n) is 12.3. The predicted octanol–water partition coefficient (Wildman–Crippen LogP) is 1.73. The second kappa shape index (κ2) is 5.70. The van der Waals surface area contributed by atoms with Crippen molar-refractivity contribution in [3.63, 3.8) is 0 Å². The van der Waals surface area contributed by atoms with Gasteiger partial charge in [0.2, 0.25) is 0 Å².